The Kier molecular flexibility index (Phi) is 11.5. The molecule has 0 spiro atoms. The van der Waals surface area contributed by atoms with Gasteiger partial charge in [-0.25, -0.2) is 0 Å². The molecule has 0 atom stereocenters. The van der Waals surface area contributed by atoms with Gasteiger partial charge in [0.05, 0.1) is 11.4 Å². The normalized spacial score (nSPS) is 16.9. The van der Waals surface area contributed by atoms with Crippen LogP contribution in [0.1, 0.15) is 135 Å². The molecule has 0 amide bonds. The van der Waals surface area contributed by atoms with Crippen LogP contribution in [0.2, 0.25) is 0 Å². The summed E-state index contributed by atoms with van der Waals surface area (Å²) in [6.07, 6.45) is 4.52. The molecule has 16 rings (SSSR count). The van der Waals surface area contributed by atoms with E-state index < -0.39 is 0 Å². The lowest BCUT2D eigenvalue weighted by Gasteiger charge is -2.48. The SMILES string of the molecule is Cc1cc2c(cc1N1c3cc(-c4ccccc4)ccc3B3c4c(cc(N(c5ccc(C(C)(C)C)cc5)c5cccc6c5oc5ccccc56)cc41)-c1ccc4c(oc5ccccc54)c1N3c1ccc3c(c1)C(C)(C)CCC3(C)C)C(C)(C)CCC2(C)C. The fourth-order valence-electron chi connectivity index (χ4n) is 15.8. The van der Waals surface area contributed by atoms with Gasteiger partial charge in [0.25, 0.3) is 0 Å². The molecule has 87 heavy (non-hydrogen) atoms. The highest BCUT2D eigenvalue weighted by molar-refractivity contribution is 6.94. The molecule has 4 aliphatic rings. The summed E-state index contributed by atoms with van der Waals surface area (Å²) >= 11 is 0. The third-order valence-corrected chi connectivity index (χ3v) is 21.0. The van der Waals surface area contributed by atoms with Crippen LogP contribution < -0.4 is 25.5 Å². The second-order valence-electron chi connectivity index (χ2n) is 29.4. The van der Waals surface area contributed by atoms with E-state index >= 15 is 0 Å². The average Bonchev–Trinajstić information content (AvgIpc) is 1.58. The van der Waals surface area contributed by atoms with Crippen LogP contribution in [-0.4, -0.2) is 6.85 Å². The van der Waals surface area contributed by atoms with Crippen molar-refractivity contribution in [2.75, 3.05) is 14.6 Å². The second-order valence-corrected chi connectivity index (χ2v) is 29.4. The number of furan rings is 2. The molecule has 10 aromatic carbocycles. The molecule has 12 aromatic rings. The van der Waals surface area contributed by atoms with E-state index in [0.29, 0.717) is 0 Å². The molecule has 0 unspecified atom stereocenters. The Morgan fingerprint density at radius 2 is 1.05 bits per heavy atom. The minimum absolute atomic E-state index is 0.0295. The van der Waals surface area contributed by atoms with Gasteiger partial charge in [0.15, 0.2) is 11.2 Å². The highest BCUT2D eigenvalue weighted by Gasteiger charge is 2.49. The Labute approximate surface area is 513 Å². The molecule has 0 saturated heterocycles. The highest BCUT2D eigenvalue weighted by atomic mass is 16.3. The Morgan fingerprint density at radius 3 is 1.72 bits per heavy atom. The predicted molar refractivity (Wildman–Crippen MR) is 369 cm³/mol. The van der Waals surface area contributed by atoms with Crippen LogP contribution >= 0.6 is 0 Å². The minimum atomic E-state index is -0.282. The molecule has 0 N–H and O–H groups in total. The third kappa shape index (κ3) is 8.11. The number of para-hydroxylation sites is 3. The van der Waals surface area contributed by atoms with Gasteiger partial charge in [0, 0.05) is 61.2 Å². The van der Waals surface area contributed by atoms with Crippen LogP contribution in [0.5, 0.6) is 0 Å². The zero-order valence-corrected chi connectivity index (χ0v) is 52.5. The number of nitrogens with zero attached hydrogens (tertiary/aromatic N) is 3. The molecule has 0 radical (unpaired) electrons. The largest absolute Gasteiger partial charge is 0.454 e. The van der Waals surface area contributed by atoms with Crippen LogP contribution in [0.3, 0.4) is 0 Å². The van der Waals surface area contributed by atoms with E-state index in [9.17, 15) is 0 Å². The number of hydrogen-bond acceptors (Lipinski definition) is 5. The fourth-order valence-corrected chi connectivity index (χ4v) is 15.8. The van der Waals surface area contributed by atoms with E-state index in [2.05, 4.69) is 292 Å². The van der Waals surface area contributed by atoms with Crippen molar-refractivity contribution < 1.29 is 8.83 Å². The van der Waals surface area contributed by atoms with E-state index in [1.165, 1.54) is 66.7 Å². The fraction of sp³-hybridized carbons (Fsp3) is 0.259. The van der Waals surface area contributed by atoms with E-state index in [0.717, 1.165) is 115 Å². The monoisotopic (exact) mass is 1130 g/mol. The van der Waals surface area contributed by atoms with Gasteiger partial charge in [-0.1, -0.05) is 197 Å². The molecular formula is C81H76BN3O2. The first kappa shape index (κ1) is 53.7. The standard InChI is InChI=1S/C81H76BN3O2/c1-49-43-63-65(81(11,12)42-41-79(63,7)8)48-68(49)84-69-44-51(50-21-14-13-15-22-50)29-38-66(69)82-73-61(45-55(47-70(73)84)83(53-32-30-52(31-33-53)77(2,3)4)67-26-20-25-59-56-23-16-18-27-71(56)86-75(59)67)58-35-36-60-57-24-17-19-28-72(57)87-76(60)74(58)85(82)54-34-37-62-64(46-54)80(9,10)40-39-78(62,5)6/h13-38,43-48H,39-42H2,1-12H3. The highest BCUT2D eigenvalue weighted by Crippen LogP contribution is 2.57. The molecular weight excluding hydrogens is 1060 g/mol. The number of aryl methyl sites for hydroxylation is 1. The maximum absolute atomic E-state index is 7.36. The van der Waals surface area contributed by atoms with Crippen LogP contribution in [-0.2, 0) is 27.1 Å². The van der Waals surface area contributed by atoms with Gasteiger partial charge in [0.2, 0.25) is 0 Å². The van der Waals surface area contributed by atoms with Gasteiger partial charge >= 0.3 is 6.85 Å². The molecule has 0 saturated carbocycles. The summed E-state index contributed by atoms with van der Waals surface area (Å²) in [6.45, 7) is 28.6. The number of rotatable bonds is 6. The van der Waals surface area contributed by atoms with Gasteiger partial charge in [-0.15, -0.1) is 0 Å². The van der Waals surface area contributed by atoms with E-state index in [1.54, 1.807) is 0 Å². The number of hydrogen-bond donors (Lipinski definition) is 0. The lowest BCUT2D eigenvalue weighted by Crippen LogP contribution is -2.61. The molecule has 4 heterocycles. The van der Waals surface area contributed by atoms with E-state index in [-0.39, 0.29) is 33.9 Å². The van der Waals surface area contributed by atoms with Crippen LogP contribution in [0.4, 0.5) is 45.5 Å². The number of anilines is 8. The smallest absolute Gasteiger partial charge is 0.333 e. The molecule has 2 aliphatic carbocycles. The predicted octanol–water partition coefficient (Wildman–Crippen LogP) is 21.6. The third-order valence-electron chi connectivity index (χ3n) is 21.0. The molecule has 6 heteroatoms. The van der Waals surface area contributed by atoms with Crippen molar-refractivity contribution in [3.05, 3.63) is 228 Å². The Morgan fingerprint density at radius 1 is 0.448 bits per heavy atom. The molecule has 5 nitrogen and oxygen atoms in total. The quantitative estimate of drug-likeness (QED) is 0.155. The topological polar surface area (TPSA) is 36.0 Å². The first-order valence-electron chi connectivity index (χ1n) is 31.7. The van der Waals surface area contributed by atoms with Crippen LogP contribution in [0.25, 0.3) is 66.1 Å². The summed E-state index contributed by atoms with van der Waals surface area (Å²) in [7, 11) is 0. The molecule has 430 valence electrons. The van der Waals surface area contributed by atoms with Crippen LogP contribution in [0.15, 0.2) is 203 Å². The summed E-state index contributed by atoms with van der Waals surface area (Å²) in [6, 6.07) is 73.7. The van der Waals surface area contributed by atoms with Crippen molar-refractivity contribution in [2.45, 2.75) is 136 Å². The number of fused-ring (bicyclic) bond motifs is 13. The lowest BCUT2D eigenvalue weighted by atomic mass is 9.43. The van der Waals surface area contributed by atoms with Crippen molar-refractivity contribution in [1.82, 2.24) is 0 Å². The molecule has 2 aromatic heterocycles. The van der Waals surface area contributed by atoms with Gasteiger partial charge in [-0.05, 0) is 193 Å². The maximum atomic E-state index is 7.36. The summed E-state index contributed by atoms with van der Waals surface area (Å²) in [5.41, 5.74) is 27.7. The van der Waals surface area contributed by atoms with E-state index in [4.69, 9.17) is 8.83 Å². The van der Waals surface area contributed by atoms with Crippen molar-refractivity contribution in [2.24, 2.45) is 0 Å². The first-order valence-corrected chi connectivity index (χ1v) is 31.7. The van der Waals surface area contributed by atoms with E-state index in [1.807, 2.05) is 0 Å². The molecule has 0 fully saturated rings. The number of benzene rings is 10. The summed E-state index contributed by atoms with van der Waals surface area (Å²) < 4.78 is 14.4. The minimum Gasteiger partial charge on any atom is -0.454 e. The van der Waals surface area contributed by atoms with Gasteiger partial charge in [0.1, 0.15) is 11.2 Å². The molecule has 0 bridgehead atoms. The Bertz CT molecular complexity index is 4840. The Hall–Kier alpha value is -8.74. The summed E-state index contributed by atoms with van der Waals surface area (Å²) in [5.74, 6) is 0. The summed E-state index contributed by atoms with van der Waals surface area (Å²) in [5, 5.41) is 4.41. The van der Waals surface area contributed by atoms with Crippen LogP contribution in [0, 0.1) is 6.92 Å². The van der Waals surface area contributed by atoms with Gasteiger partial charge in [-0.3, -0.25) is 0 Å². The first-order chi connectivity index (χ1) is 41.6. The second kappa shape index (κ2) is 18.6. The van der Waals surface area contributed by atoms with Crippen molar-refractivity contribution in [1.29, 1.82) is 0 Å². The summed E-state index contributed by atoms with van der Waals surface area (Å²) in [4.78, 5) is 7.85. The average molecular weight is 1130 g/mol. The zero-order valence-electron chi connectivity index (χ0n) is 52.5. The molecule has 2 aliphatic heterocycles. The lowest BCUT2D eigenvalue weighted by molar-refractivity contribution is 0.332. The zero-order chi connectivity index (χ0) is 59.8. The van der Waals surface area contributed by atoms with Crippen molar-refractivity contribution in [3.63, 3.8) is 0 Å². The van der Waals surface area contributed by atoms with Crippen molar-refractivity contribution in [3.8, 4) is 22.3 Å². The van der Waals surface area contributed by atoms with Gasteiger partial charge in [-0.2, -0.15) is 0 Å². The van der Waals surface area contributed by atoms with Gasteiger partial charge < -0.3 is 23.4 Å². The Balaban J connectivity index is 1.07. The van der Waals surface area contributed by atoms with Crippen molar-refractivity contribution >= 4 is 107 Å². The maximum Gasteiger partial charge on any atom is 0.333 e.